The van der Waals surface area contributed by atoms with Crippen molar-refractivity contribution in [1.82, 2.24) is 4.98 Å². The Morgan fingerprint density at radius 1 is 1.32 bits per heavy atom. The van der Waals surface area contributed by atoms with E-state index in [0.717, 1.165) is 0 Å². The van der Waals surface area contributed by atoms with Gasteiger partial charge in [-0.2, -0.15) is 0 Å². The second-order valence-corrected chi connectivity index (χ2v) is 4.79. The Morgan fingerprint density at radius 2 is 1.95 bits per heavy atom. The molecule has 0 aliphatic carbocycles. The first kappa shape index (κ1) is 14.9. The first-order valence-corrected chi connectivity index (χ1v) is 5.56. The first-order valence-electron chi connectivity index (χ1n) is 5.56. The van der Waals surface area contributed by atoms with Crippen LogP contribution in [0.1, 0.15) is 5.56 Å². The highest BCUT2D eigenvalue weighted by molar-refractivity contribution is 5.69. The molecule has 0 unspecified atom stereocenters. The van der Waals surface area contributed by atoms with E-state index < -0.39 is 4.92 Å². The summed E-state index contributed by atoms with van der Waals surface area (Å²) in [5, 5.41) is 11.2. The number of ether oxygens (including phenoxy) is 2. The van der Waals surface area contributed by atoms with E-state index in [1.165, 1.54) is 20.4 Å². The maximum absolute atomic E-state index is 11.2. The van der Waals surface area contributed by atoms with Gasteiger partial charge in [-0.15, -0.1) is 0 Å². The highest BCUT2D eigenvalue weighted by Gasteiger charge is 2.25. The average molecular weight is 268 g/mol. The quantitative estimate of drug-likeness (QED) is 0.461. The summed E-state index contributed by atoms with van der Waals surface area (Å²) in [6, 6.07) is 0. The first-order chi connectivity index (χ1) is 8.80. The normalized spacial score (nSPS) is 11.6. The minimum Gasteiger partial charge on any atom is -0.494 e. The van der Waals surface area contributed by atoms with Gasteiger partial charge in [-0.3, -0.25) is 10.1 Å². The Balaban J connectivity index is 3.48. The van der Waals surface area contributed by atoms with Crippen LogP contribution in [0.15, 0.2) is 12.4 Å². The summed E-state index contributed by atoms with van der Waals surface area (Å²) >= 11 is 0. The number of hydrogen-bond donors (Lipinski definition) is 0. The van der Waals surface area contributed by atoms with E-state index in [4.69, 9.17) is 9.47 Å². The Kier molecular flexibility index (Phi) is 4.44. The molecular weight excluding hydrogens is 250 g/mol. The molecule has 0 aliphatic heterocycles. The fourth-order valence-electron chi connectivity index (χ4n) is 1.43. The van der Waals surface area contributed by atoms with Crippen LogP contribution in [-0.2, 0) is 0 Å². The molecule has 0 saturated heterocycles. The number of pyridine rings is 1. The zero-order chi connectivity index (χ0) is 14.6. The number of methoxy groups -OCH3 is 2. The number of hydrogen-bond acceptors (Lipinski definition) is 5. The van der Waals surface area contributed by atoms with Crippen LogP contribution in [0.2, 0.25) is 0 Å². The molecule has 1 aromatic heterocycles. The summed E-state index contributed by atoms with van der Waals surface area (Å²) in [4.78, 5) is 14.5. The Hall–Kier alpha value is -2.15. The fourth-order valence-corrected chi connectivity index (χ4v) is 1.43. The van der Waals surface area contributed by atoms with Crippen LogP contribution >= 0.6 is 0 Å². The van der Waals surface area contributed by atoms with Gasteiger partial charge in [-0.25, -0.2) is 4.98 Å². The van der Waals surface area contributed by atoms with Gasteiger partial charge in [0.2, 0.25) is 0 Å². The van der Waals surface area contributed by atoms with Crippen LogP contribution in [0, 0.1) is 10.1 Å². The van der Waals surface area contributed by atoms with Crippen LogP contribution in [0.25, 0.3) is 6.08 Å². The van der Waals surface area contributed by atoms with Crippen LogP contribution in [0.3, 0.4) is 0 Å². The highest BCUT2D eigenvalue weighted by Crippen LogP contribution is 2.35. The lowest BCUT2D eigenvalue weighted by Gasteiger charge is -2.17. The van der Waals surface area contributed by atoms with Gasteiger partial charge in [0.25, 0.3) is 5.88 Å². The van der Waals surface area contributed by atoms with Crippen LogP contribution in [0.5, 0.6) is 11.6 Å². The molecule has 104 valence electrons. The largest absolute Gasteiger partial charge is 0.494 e. The van der Waals surface area contributed by atoms with Gasteiger partial charge < -0.3 is 14.0 Å². The van der Waals surface area contributed by atoms with Crippen LogP contribution in [0.4, 0.5) is 5.69 Å². The Morgan fingerprint density at radius 3 is 2.37 bits per heavy atom. The lowest BCUT2D eigenvalue weighted by atomic mass is 10.2. The van der Waals surface area contributed by atoms with Crippen molar-refractivity contribution in [1.29, 1.82) is 0 Å². The number of aromatic nitrogens is 1. The molecule has 1 rings (SSSR count). The molecule has 0 spiro atoms. The van der Waals surface area contributed by atoms with E-state index in [2.05, 4.69) is 4.98 Å². The molecule has 7 heteroatoms. The van der Waals surface area contributed by atoms with Gasteiger partial charge in [0.05, 0.1) is 52.7 Å². The third-order valence-corrected chi connectivity index (χ3v) is 2.31. The summed E-state index contributed by atoms with van der Waals surface area (Å²) in [5.41, 5.74) is 0.138. The molecule has 19 heavy (non-hydrogen) atoms. The molecule has 7 nitrogen and oxygen atoms in total. The highest BCUT2D eigenvalue weighted by atomic mass is 16.6. The summed E-state index contributed by atoms with van der Waals surface area (Å²) in [5.74, 6) is 0.295. The van der Waals surface area contributed by atoms with Crippen molar-refractivity contribution in [3.05, 3.63) is 28.1 Å². The topological polar surface area (TPSA) is 74.5 Å². The molecule has 0 amide bonds. The summed E-state index contributed by atoms with van der Waals surface area (Å²) in [6.07, 6.45) is 4.85. The molecule has 1 heterocycles. The van der Waals surface area contributed by atoms with Crippen molar-refractivity contribution in [3.63, 3.8) is 0 Å². The zero-order valence-corrected chi connectivity index (χ0v) is 11.7. The molecule has 0 radical (unpaired) electrons. The molecule has 0 fully saturated rings. The van der Waals surface area contributed by atoms with E-state index in [0.29, 0.717) is 15.8 Å². The minimum atomic E-state index is -0.524. The fraction of sp³-hybridized carbons (Fsp3) is 0.417. The summed E-state index contributed by atoms with van der Waals surface area (Å²) in [7, 11) is 8.60. The molecule has 0 aromatic carbocycles. The van der Waals surface area contributed by atoms with Gasteiger partial charge in [-0.05, 0) is 0 Å². The van der Waals surface area contributed by atoms with E-state index in [1.54, 1.807) is 6.08 Å². The van der Waals surface area contributed by atoms with Crippen molar-refractivity contribution in [2.24, 2.45) is 0 Å². The molecule has 0 atom stereocenters. The summed E-state index contributed by atoms with van der Waals surface area (Å²) in [6.45, 7) is 0. The second kappa shape index (κ2) is 5.66. The van der Waals surface area contributed by atoms with Crippen LogP contribution in [-0.4, -0.2) is 49.8 Å². The predicted molar refractivity (Wildman–Crippen MR) is 71.1 cm³/mol. The third-order valence-electron chi connectivity index (χ3n) is 2.31. The number of quaternary nitrogens is 1. The minimum absolute atomic E-state index is 0.0353. The lowest BCUT2D eigenvalue weighted by molar-refractivity contribution is -0.816. The number of nitrogens with zero attached hydrogens (tertiary/aromatic N) is 3. The van der Waals surface area contributed by atoms with Crippen molar-refractivity contribution in [2.45, 2.75) is 0 Å². The second-order valence-electron chi connectivity index (χ2n) is 4.79. The molecule has 0 N–H and O–H groups in total. The smallest absolute Gasteiger partial charge is 0.342 e. The zero-order valence-electron chi connectivity index (χ0n) is 11.7. The SMILES string of the molecule is COc1cnc(OC)c([N+](=O)[O-])c1/C=C/[N+](C)(C)C. The maximum atomic E-state index is 11.2. The molecule has 0 bridgehead atoms. The summed E-state index contributed by atoms with van der Waals surface area (Å²) < 4.78 is 10.6. The van der Waals surface area contributed by atoms with E-state index in [-0.39, 0.29) is 11.6 Å². The monoisotopic (exact) mass is 268 g/mol. The molecule has 1 aromatic rings. The Labute approximate surface area is 111 Å². The lowest BCUT2D eigenvalue weighted by Crippen LogP contribution is -2.26. The standard InChI is InChI=1S/C12H18N3O4/c1-15(2,3)7-6-9-10(18-4)8-13-12(19-5)11(9)14(16)17/h6-8H,1-5H3/q+1/b7-6+. The molecule has 0 saturated carbocycles. The average Bonchev–Trinajstić information content (AvgIpc) is 2.33. The van der Waals surface area contributed by atoms with Gasteiger partial charge >= 0.3 is 5.69 Å². The maximum Gasteiger partial charge on any atom is 0.342 e. The van der Waals surface area contributed by atoms with Gasteiger partial charge in [-0.1, -0.05) is 0 Å². The molecule has 0 aliphatic rings. The third kappa shape index (κ3) is 3.65. The van der Waals surface area contributed by atoms with Crippen molar-refractivity contribution in [3.8, 4) is 11.6 Å². The van der Waals surface area contributed by atoms with Gasteiger partial charge in [0.15, 0.2) is 5.75 Å². The number of rotatable bonds is 5. The van der Waals surface area contributed by atoms with E-state index >= 15 is 0 Å². The van der Waals surface area contributed by atoms with Crippen molar-refractivity contribution >= 4 is 11.8 Å². The molecular formula is C12H18N3O4+. The van der Waals surface area contributed by atoms with Gasteiger partial charge in [0.1, 0.15) is 5.56 Å². The Bertz CT molecular complexity index is 506. The van der Waals surface area contributed by atoms with E-state index in [9.17, 15) is 10.1 Å². The van der Waals surface area contributed by atoms with Crippen LogP contribution < -0.4 is 9.47 Å². The van der Waals surface area contributed by atoms with Crippen molar-refractivity contribution < 1.29 is 18.9 Å². The van der Waals surface area contributed by atoms with Gasteiger partial charge in [0, 0.05) is 6.08 Å². The number of nitro groups is 1. The van der Waals surface area contributed by atoms with E-state index in [1.807, 2.05) is 27.3 Å². The van der Waals surface area contributed by atoms with Crippen molar-refractivity contribution in [2.75, 3.05) is 35.4 Å². The predicted octanol–water partition coefficient (Wildman–Crippen LogP) is 1.68.